The second-order valence-electron chi connectivity index (χ2n) is 4.26. The number of hydrogen-bond acceptors (Lipinski definition) is 3. The number of carbonyl (C=O) groups excluding carboxylic acids is 1. The summed E-state index contributed by atoms with van der Waals surface area (Å²) >= 11 is 0. The van der Waals surface area contributed by atoms with Crippen LogP contribution in [0.15, 0.2) is 40.1 Å². The van der Waals surface area contributed by atoms with Gasteiger partial charge in [0.05, 0.1) is 17.4 Å². The maximum absolute atomic E-state index is 14.1. The van der Waals surface area contributed by atoms with Crippen molar-refractivity contribution >= 4 is 16.8 Å². The van der Waals surface area contributed by atoms with E-state index in [2.05, 4.69) is 4.74 Å². The monoisotopic (exact) mass is 346 g/mol. The highest BCUT2D eigenvalue weighted by Crippen LogP contribution is 2.29. The Morgan fingerprint density at radius 3 is 2.00 bits per heavy atom. The van der Waals surface area contributed by atoms with E-state index in [9.17, 15) is 26.6 Å². The molecule has 0 amide bonds. The number of carbonyl (C=O) groups is 1. The molecule has 8 heteroatoms. The topological polar surface area (TPSA) is 43.4 Å². The van der Waals surface area contributed by atoms with Crippen LogP contribution in [0.25, 0.3) is 0 Å². The van der Waals surface area contributed by atoms with Crippen molar-refractivity contribution in [3.8, 4) is 0 Å². The largest absolute Gasteiger partial charge is 0.462 e. The molecule has 0 heterocycles. The summed E-state index contributed by atoms with van der Waals surface area (Å²) in [6.45, 7) is 1.12. The van der Waals surface area contributed by atoms with Crippen LogP contribution in [-0.2, 0) is 15.5 Å². The zero-order chi connectivity index (χ0) is 17.1. The lowest BCUT2D eigenvalue weighted by atomic mass is 10.2. The number of esters is 1. The first-order chi connectivity index (χ1) is 10.9. The summed E-state index contributed by atoms with van der Waals surface area (Å²) in [7, 11) is -2.50. The molecule has 0 radical (unpaired) electrons. The molecule has 23 heavy (non-hydrogen) atoms. The van der Waals surface area contributed by atoms with Gasteiger partial charge in [-0.05, 0) is 19.1 Å². The Balaban J connectivity index is 2.64. The van der Waals surface area contributed by atoms with Crippen molar-refractivity contribution in [2.45, 2.75) is 16.7 Å². The second-order valence-corrected chi connectivity index (χ2v) is 5.68. The SMILES string of the molecule is CCOC(=O)c1c(F)c(F)c(S(=O)c2ccccc2)c(F)c1F. The average Bonchev–Trinajstić information content (AvgIpc) is 2.54. The molecule has 2 aromatic rings. The second kappa shape index (κ2) is 6.91. The smallest absolute Gasteiger partial charge is 0.344 e. The lowest BCUT2D eigenvalue weighted by Gasteiger charge is -2.11. The van der Waals surface area contributed by atoms with E-state index < -0.39 is 50.5 Å². The van der Waals surface area contributed by atoms with Crippen molar-refractivity contribution in [2.75, 3.05) is 6.61 Å². The van der Waals surface area contributed by atoms with Gasteiger partial charge in [-0.3, -0.25) is 0 Å². The van der Waals surface area contributed by atoms with Gasteiger partial charge in [0.15, 0.2) is 23.3 Å². The van der Waals surface area contributed by atoms with E-state index in [0.717, 1.165) is 0 Å². The van der Waals surface area contributed by atoms with Crippen LogP contribution in [0.2, 0.25) is 0 Å². The van der Waals surface area contributed by atoms with Crippen LogP contribution < -0.4 is 0 Å². The van der Waals surface area contributed by atoms with Gasteiger partial charge >= 0.3 is 5.97 Å². The fourth-order valence-electron chi connectivity index (χ4n) is 1.82. The predicted molar refractivity (Wildman–Crippen MR) is 73.3 cm³/mol. The number of ether oxygens (including phenoxy) is 1. The molecule has 1 unspecified atom stereocenters. The Bertz CT molecular complexity index is 749. The van der Waals surface area contributed by atoms with E-state index in [4.69, 9.17) is 0 Å². The molecular weight excluding hydrogens is 336 g/mol. The minimum atomic E-state index is -2.50. The summed E-state index contributed by atoms with van der Waals surface area (Å²) in [6, 6.07) is 7.03. The van der Waals surface area contributed by atoms with Crippen LogP contribution >= 0.6 is 0 Å². The zero-order valence-electron chi connectivity index (χ0n) is 11.7. The molecule has 0 spiro atoms. The van der Waals surface area contributed by atoms with Crippen molar-refractivity contribution in [3.05, 3.63) is 59.2 Å². The lowest BCUT2D eigenvalue weighted by Crippen LogP contribution is -2.16. The number of hydrogen-bond donors (Lipinski definition) is 0. The van der Waals surface area contributed by atoms with Crippen LogP contribution in [0.1, 0.15) is 17.3 Å². The molecule has 1 atom stereocenters. The van der Waals surface area contributed by atoms with E-state index in [1.807, 2.05) is 0 Å². The molecular formula is C15H10F4O3S. The van der Waals surface area contributed by atoms with Gasteiger partial charge in [-0.25, -0.2) is 26.6 Å². The van der Waals surface area contributed by atoms with Gasteiger partial charge in [-0.2, -0.15) is 0 Å². The molecule has 0 aliphatic heterocycles. The standard InChI is InChI=1S/C15H10F4O3S/c1-2-22-15(20)9-10(16)12(18)14(13(19)11(9)17)23(21)8-6-4-3-5-7-8/h3-7H,2H2,1H3. The normalized spacial score (nSPS) is 12.0. The first-order valence-electron chi connectivity index (χ1n) is 6.40. The Kier molecular flexibility index (Phi) is 5.15. The average molecular weight is 346 g/mol. The maximum Gasteiger partial charge on any atom is 0.344 e. The first kappa shape index (κ1) is 17.1. The maximum atomic E-state index is 14.1. The summed E-state index contributed by atoms with van der Waals surface area (Å²) in [4.78, 5) is 10.1. The van der Waals surface area contributed by atoms with Gasteiger partial charge < -0.3 is 4.74 Å². The third-order valence-corrected chi connectivity index (χ3v) is 4.27. The van der Waals surface area contributed by atoms with Crippen molar-refractivity contribution in [2.24, 2.45) is 0 Å². The van der Waals surface area contributed by atoms with Crippen LogP contribution in [0.3, 0.4) is 0 Å². The Hall–Kier alpha value is -2.22. The number of rotatable bonds is 4. The molecule has 122 valence electrons. The molecule has 0 aliphatic carbocycles. The molecule has 2 aromatic carbocycles. The van der Waals surface area contributed by atoms with Crippen molar-refractivity contribution in [3.63, 3.8) is 0 Å². The summed E-state index contributed by atoms with van der Waals surface area (Å²) in [5.41, 5.74) is -1.49. The summed E-state index contributed by atoms with van der Waals surface area (Å²) in [6.07, 6.45) is 0. The first-order valence-corrected chi connectivity index (χ1v) is 7.55. The van der Waals surface area contributed by atoms with Gasteiger partial charge in [-0.15, -0.1) is 0 Å². The molecule has 0 saturated carbocycles. The minimum Gasteiger partial charge on any atom is -0.462 e. The summed E-state index contributed by atoms with van der Waals surface area (Å²) in [5.74, 6) is -9.22. The molecule has 3 nitrogen and oxygen atoms in total. The van der Waals surface area contributed by atoms with Crippen LogP contribution in [0, 0.1) is 23.3 Å². The predicted octanol–water partition coefficient (Wildman–Crippen LogP) is 3.59. The molecule has 0 aliphatic rings. The van der Waals surface area contributed by atoms with Crippen molar-refractivity contribution in [1.29, 1.82) is 0 Å². The molecule has 0 N–H and O–H groups in total. The van der Waals surface area contributed by atoms with Crippen LogP contribution in [-0.4, -0.2) is 16.8 Å². The Morgan fingerprint density at radius 2 is 1.52 bits per heavy atom. The highest BCUT2D eigenvalue weighted by molar-refractivity contribution is 7.85. The van der Waals surface area contributed by atoms with E-state index >= 15 is 0 Å². The van der Waals surface area contributed by atoms with Gasteiger partial charge in [0.1, 0.15) is 10.5 Å². The third kappa shape index (κ3) is 3.12. The Morgan fingerprint density at radius 1 is 1.00 bits per heavy atom. The van der Waals surface area contributed by atoms with Gasteiger partial charge in [0.2, 0.25) is 0 Å². The lowest BCUT2D eigenvalue weighted by molar-refractivity contribution is 0.0511. The Labute approximate surface area is 131 Å². The van der Waals surface area contributed by atoms with E-state index in [0.29, 0.717) is 0 Å². The molecule has 0 bridgehead atoms. The van der Waals surface area contributed by atoms with E-state index in [-0.39, 0.29) is 11.5 Å². The number of benzene rings is 2. The molecule has 2 rings (SSSR count). The number of halogens is 4. The highest BCUT2D eigenvalue weighted by Gasteiger charge is 2.32. The molecule has 0 aromatic heterocycles. The van der Waals surface area contributed by atoms with Gasteiger partial charge in [0.25, 0.3) is 0 Å². The van der Waals surface area contributed by atoms with Crippen molar-refractivity contribution in [1.82, 2.24) is 0 Å². The van der Waals surface area contributed by atoms with Gasteiger partial charge in [0, 0.05) is 4.90 Å². The van der Waals surface area contributed by atoms with Gasteiger partial charge in [-0.1, -0.05) is 18.2 Å². The third-order valence-electron chi connectivity index (χ3n) is 2.85. The highest BCUT2D eigenvalue weighted by atomic mass is 32.2. The summed E-state index contributed by atoms with van der Waals surface area (Å²) in [5, 5.41) is 0. The van der Waals surface area contributed by atoms with E-state index in [1.165, 1.54) is 31.2 Å². The fraction of sp³-hybridized carbons (Fsp3) is 0.133. The quantitative estimate of drug-likeness (QED) is 0.483. The minimum absolute atomic E-state index is 0.0482. The fourth-order valence-corrected chi connectivity index (χ4v) is 2.96. The van der Waals surface area contributed by atoms with E-state index in [1.54, 1.807) is 6.07 Å². The summed E-state index contributed by atoms with van der Waals surface area (Å²) < 4.78 is 72.5. The van der Waals surface area contributed by atoms with Crippen LogP contribution in [0.5, 0.6) is 0 Å². The zero-order valence-corrected chi connectivity index (χ0v) is 12.6. The molecule has 0 fully saturated rings. The van der Waals surface area contributed by atoms with Crippen molar-refractivity contribution < 1.29 is 31.3 Å². The van der Waals surface area contributed by atoms with Crippen LogP contribution in [0.4, 0.5) is 17.6 Å². The molecule has 0 saturated heterocycles.